The Morgan fingerprint density at radius 1 is 0.355 bits per heavy atom. The van der Waals surface area contributed by atoms with Crippen molar-refractivity contribution < 1.29 is 29.0 Å². The van der Waals surface area contributed by atoms with Crippen LogP contribution in [0, 0.1) is 0 Å². The van der Waals surface area contributed by atoms with Gasteiger partial charge in [-0.15, -0.1) is 0 Å². The average Bonchev–Trinajstić information content (AvgIpc) is 3.26. The zero-order valence-electron chi connectivity index (χ0n) is 42.0. The van der Waals surface area contributed by atoms with E-state index in [-0.39, 0.29) is 36.2 Å². The van der Waals surface area contributed by atoms with Crippen LogP contribution in [0.3, 0.4) is 0 Å². The number of ether oxygens (including phenoxy) is 2. The van der Waals surface area contributed by atoms with Crippen molar-refractivity contribution in [3.8, 4) is 0 Å². The number of esters is 2. The number of carbonyl (C=O) groups excluding carboxylic acids is 3. The predicted molar refractivity (Wildman–Crippen MR) is 265 cm³/mol. The fraction of sp³-hybridized carbons (Fsp3) is 0.945. The summed E-state index contributed by atoms with van der Waals surface area (Å²) >= 11 is 0. The van der Waals surface area contributed by atoms with Crippen molar-refractivity contribution in [1.82, 2.24) is 5.32 Å². The molecule has 62 heavy (non-hydrogen) atoms. The summed E-state index contributed by atoms with van der Waals surface area (Å²) in [5.41, 5.74) is 0. The molecule has 0 saturated heterocycles. The van der Waals surface area contributed by atoms with Gasteiger partial charge in [-0.2, -0.15) is 0 Å². The predicted octanol–water partition coefficient (Wildman–Crippen LogP) is 16.5. The Balaban J connectivity index is 4.10. The van der Waals surface area contributed by atoms with Crippen LogP contribution in [0.15, 0.2) is 0 Å². The summed E-state index contributed by atoms with van der Waals surface area (Å²) in [5, 5.41) is 12.9. The maximum absolute atomic E-state index is 12.8. The van der Waals surface area contributed by atoms with Crippen molar-refractivity contribution in [2.75, 3.05) is 7.05 Å². The summed E-state index contributed by atoms with van der Waals surface area (Å²) < 4.78 is 12.1. The van der Waals surface area contributed by atoms with E-state index in [0.29, 0.717) is 19.3 Å². The van der Waals surface area contributed by atoms with Crippen molar-refractivity contribution in [3.05, 3.63) is 0 Å². The number of carbonyl (C=O) groups is 3. The molecule has 0 fully saturated rings. The molecule has 0 rings (SSSR count). The minimum absolute atomic E-state index is 0.00497. The van der Waals surface area contributed by atoms with Crippen LogP contribution in [-0.4, -0.2) is 48.3 Å². The summed E-state index contributed by atoms with van der Waals surface area (Å²) in [6.07, 6.45) is 50.6. The summed E-state index contributed by atoms with van der Waals surface area (Å²) in [6, 6.07) is 0. The van der Waals surface area contributed by atoms with E-state index >= 15 is 0 Å². The highest BCUT2D eigenvalue weighted by molar-refractivity contribution is 5.75. The largest absolute Gasteiger partial charge is 0.462 e. The van der Waals surface area contributed by atoms with Crippen LogP contribution in [0.5, 0.6) is 0 Å². The second-order valence-electron chi connectivity index (χ2n) is 19.2. The average molecular weight is 878 g/mol. The molecule has 3 atom stereocenters. The third-order valence-electron chi connectivity index (χ3n) is 13.0. The maximum atomic E-state index is 12.8. The lowest BCUT2D eigenvalue weighted by Crippen LogP contribution is -2.18. The molecule has 0 aliphatic heterocycles. The number of rotatable bonds is 50. The fourth-order valence-electron chi connectivity index (χ4n) is 8.82. The summed E-state index contributed by atoms with van der Waals surface area (Å²) in [5.74, 6) is 0.162. The van der Waals surface area contributed by atoms with Gasteiger partial charge in [0.15, 0.2) is 0 Å². The molecule has 0 spiro atoms. The number of amides is 1. The van der Waals surface area contributed by atoms with Crippen LogP contribution < -0.4 is 5.32 Å². The topological polar surface area (TPSA) is 102 Å². The lowest BCUT2D eigenvalue weighted by Gasteiger charge is -2.18. The van der Waals surface area contributed by atoms with Crippen molar-refractivity contribution >= 4 is 17.8 Å². The molecule has 0 saturated carbocycles. The number of hydrogen-bond acceptors (Lipinski definition) is 6. The van der Waals surface area contributed by atoms with E-state index in [9.17, 15) is 19.5 Å². The molecule has 7 heteroatoms. The summed E-state index contributed by atoms with van der Waals surface area (Å²) in [6.45, 7) is 6.72. The first-order valence-electron chi connectivity index (χ1n) is 27.6. The molecule has 0 aromatic carbocycles. The van der Waals surface area contributed by atoms with Gasteiger partial charge in [-0.3, -0.25) is 14.4 Å². The fourth-order valence-corrected chi connectivity index (χ4v) is 8.82. The Morgan fingerprint density at radius 3 is 0.887 bits per heavy atom. The normalized spacial score (nSPS) is 12.9. The van der Waals surface area contributed by atoms with E-state index in [1.54, 1.807) is 7.05 Å². The molecule has 7 nitrogen and oxygen atoms in total. The second kappa shape index (κ2) is 48.8. The molecule has 0 aliphatic carbocycles. The maximum Gasteiger partial charge on any atom is 0.306 e. The van der Waals surface area contributed by atoms with Gasteiger partial charge in [0.05, 0.1) is 6.10 Å². The highest BCUT2D eigenvalue weighted by Gasteiger charge is 2.16. The minimum atomic E-state index is -0.100. The first-order valence-corrected chi connectivity index (χ1v) is 27.6. The number of aliphatic hydroxyl groups is 1. The van der Waals surface area contributed by atoms with Crippen LogP contribution >= 0.6 is 0 Å². The van der Waals surface area contributed by atoms with Gasteiger partial charge in [0.2, 0.25) is 5.91 Å². The number of hydrogen-bond donors (Lipinski definition) is 2. The zero-order valence-corrected chi connectivity index (χ0v) is 42.0. The summed E-state index contributed by atoms with van der Waals surface area (Å²) in [7, 11) is 1.71. The van der Waals surface area contributed by atoms with Crippen LogP contribution in [0.2, 0.25) is 0 Å². The molecule has 0 aromatic rings. The molecule has 0 bridgehead atoms. The van der Waals surface area contributed by atoms with Gasteiger partial charge in [-0.05, 0) is 83.5 Å². The molecule has 0 aromatic heterocycles. The Kier molecular flexibility index (Phi) is 47.5. The van der Waals surface area contributed by atoms with Crippen molar-refractivity contribution in [2.45, 2.75) is 328 Å². The third-order valence-corrected chi connectivity index (χ3v) is 13.0. The van der Waals surface area contributed by atoms with E-state index in [1.807, 2.05) is 0 Å². The SMILES string of the molecule is CCCCCCC(O)CCCCCCCCCCC(=O)OC(CCCCCC)CCCCCCCCCCC(=O)OC(CCCCCC)CCCCCCCCCCC(=O)NC. The first kappa shape index (κ1) is 60.4. The molecular weight excluding hydrogens is 771 g/mol. The van der Waals surface area contributed by atoms with Gasteiger partial charge < -0.3 is 19.9 Å². The van der Waals surface area contributed by atoms with Gasteiger partial charge in [-0.25, -0.2) is 0 Å². The summed E-state index contributed by atoms with van der Waals surface area (Å²) in [4.78, 5) is 36.9. The smallest absolute Gasteiger partial charge is 0.306 e. The van der Waals surface area contributed by atoms with Crippen molar-refractivity contribution in [2.24, 2.45) is 0 Å². The quantitative estimate of drug-likeness (QED) is 0.0466. The standard InChI is InChI=1S/C55H107NO6/c1-5-8-11-32-41-50(57)42-33-26-20-14-18-24-30-39-48-54(59)62-52(44-35-13-10-7-3)46-37-28-22-16-19-25-31-40-49-55(60)61-51(43-34-12-9-6-2)45-36-27-21-15-17-23-29-38-47-53(58)56-4/h50-52,57H,5-49H2,1-4H3,(H,56,58). The second-order valence-corrected chi connectivity index (χ2v) is 19.2. The lowest BCUT2D eigenvalue weighted by atomic mass is 10.0. The first-order chi connectivity index (χ1) is 30.4. The molecule has 368 valence electrons. The van der Waals surface area contributed by atoms with Crippen LogP contribution in [0.25, 0.3) is 0 Å². The van der Waals surface area contributed by atoms with Gasteiger partial charge in [0, 0.05) is 26.3 Å². The van der Waals surface area contributed by atoms with Gasteiger partial charge in [0.1, 0.15) is 12.2 Å². The molecule has 1 amide bonds. The van der Waals surface area contributed by atoms with Gasteiger partial charge in [-0.1, -0.05) is 207 Å². The Labute approximate surface area is 386 Å². The molecule has 3 unspecified atom stereocenters. The zero-order chi connectivity index (χ0) is 45.4. The highest BCUT2D eigenvalue weighted by atomic mass is 16.5. The monoisotopic (exact) mass is 878 g/mol. The van der Waals surface area contributed by atoms with Gasteiger partial charge >= 0.3 is 11.9 Å². The number of aliphatic hydroxyl groups excluding tert-OH is 1. The van der Waals surface area contributed by atoms with Crippen molar-refractivity contribution in [3.63, 3.8) is 0 Å². The van der Waals surface area contributed by atoms with Crippen LogP contribution in [0.4, 0.5) is 0 Å². The van der Waals surface area contributed by atoms with Gasteiger partial charge in [0.25, 0.3) is 0 Å². The van der Waals surface area contributed by atoms with E-state index in [2.05, 4.69) is 26.1 Å². The Hall–Kier alpha value is -1.63. The molecule has 0 radical (unpaired) electrons. The van der Waals surface area contributed by atoms with E-state index in [4.69, 9.17) is 9.47 Å². The van der Waals surface area contributed by atoms with Crippen LogP contribution in [-0.2, 0) is 23.9 Å². The molecular formula is C55H107NO6. The van der Waals surface area contributed by atoms with E-state index < -0.39 is 0 Å². The number of nitrogens with one attached hydrogen (secondary N) is 1. The highest BCUT2D eigenvalue weighted by Crippen LogP contribution is 2.21. The lowest BCUT2D eigenvalue weighted by molar-refractivity contribution is -0.151. The Morgan fingerprint density at radius 2 is 0.597 bits per heavy atom. The third kappa shape index (κ3) is 45.0. The molecule has 0 heterocycles. The van der Waals surface area contributed by atoms with Crippen LogP contribution in [0.1, 0.15) is 310 Å². The van der Waals surface area contributed by atoms with E-state index in [1.165, 1.54) is 161 Å². The molecule has 0 aliphatic rings. The Bertz CT molecular complexity index is 958. The number of unbranched alkanes of at least 4 members (excludes halogenated alkanes) is 30. The van der Waals surface area contributed by atoms with E-state index in [0.717, 1.165) is 109 Å². The molecule has 2 N–H and O–H groups in total. The minimum Gasteiger partial charge on any atom is -0.462 e. The van der Waals surface area contributed by atoms with Crippen molar-refractivity contribution in [1.29, 1.82) is 0 Å².